The van der Waals surface area contributed by atoms with E-state index >= 15 is 0 Å². The zero-order valence-electron chi connectivity index (χ0n) is 10.1. The summed E-state index contributed by atoms with van der Waals surface area (Å²) in [4.78, 5) is 11.3. The summed E-state index contributed by atoms with van der Waals surface area (Å²) >= 11 is 0. The highest BCUT2D eigenvalue weighted by Gasteiger charge is 2.32. The summed E-state index contributed by atoms with van der Waals surface area (Å²) in [5.74, 6) is -2.78. The first-order chi connectivity index (χ1) is 9.15. The second kappa shape index (κ2) is 5.95. The zero-order valence-corrected chi connectivity index (χ0v) is 10.1. The molecule has 0 aliphatic carbocycles. The molecular formula is C11H12F4N2O3. The van der Waals surface area contributed by atoms with Crippen LogP contribution in [-0.2, 0) is 0 Å². The largest absolute Gasteiger partial charge is 0.478 e. The van der Waals surface area contributed by atoms with Crippen molar-refractivity contribution in [2.45, 2.75) is 6.18 Å². The Hall–Kier alpha value is -2.03. The van der Waals surface area contributed by atoms with Crippen LogP contribution >= 0.6 is 0 Å². The molecule has 1 aromatic rings. The first-order valence-corrected chi connectivity index (χ1v) is 5.40. The van der Waals surface area contributed by atoms with E-state index in [1.54, 1.807) is 0 Å². The minimum Gasteiger partial charge on any atom is -0.478 e. The van der Waals surface area contributed by atoms with Crippen LogP contribution in [0.5, 0.6) is 0 Å². The third-order valence-electron chi connectivity index (χ3n) is 2.43. The molecule has 5 nitrogen and oxygen atoms in total. The molecule has 0 heterocycles. The smallest absolute Gasteiger partial charge is 0.405 e. The molecule has 0 radical (unpaired) electrons. The first-order valence-electron chi connectivity index (χ1n) is 5.40. The Morgan fingerprint density at radius 3 is 2.40 bits per heavy atom. The van der Waals surface area contributed by atoms with Gasteiger partial charge in [-0.05, 0) is 6.07 Å². The summed E-state index contributed by atoms with van der Waals surface area (Å²) in [5.41, 5.74) is 4.08. The molecule has 112 valence electrons. The van der Waals surface area contributed by atoms with Gasteiger partial charge < -0.3 is 20.8 Å². The van der Waals surface area contributed by atoms with Crippen LogP contribution in [-0.4, -0.2) is 42.1 Å². The number of nitrogens with zero attached hydrogens (tertiary/aromatic N) is 1. The summed E-state index contributed by atoms with van der Waals surface area (Å²) in [6.45, 7) is -2.46. The summed E-state index contributed by atoms with van der Waals surface area (Å²) in [5, 5.41) is 17.4. The quantitative estimate of drug-likeness (QED) is 0.566. The Labute approximate surface area is 111 Å². The van der Waals surface area contributed by atoms with Gasteiger partial charge in [0.05, 0.1) is 23.5 Å². The van der Waals surface area contributed by atoms with Crippen LogP contribution in [0.25, 0.3) is 0 Å². The number of nitrogen functional groups attached to an aromatic ring is 1. The maximum atomic E-state index is 13.5. The molecule has 0 saturated carbocycles. The number of nitrogens with two attached hydrogens (primary N) is 1. The van der Waals surface area contributed by atoms with Gasteiger partial charge >= 0.3 is 12.1 Å². The second-order valence-electron chi connectivity index (χ2n) is 3.96. The van der Waals surface area contributed by atoms with Gasteiger partial charge in [-0.1, -0.05) is 0 Å². The predicted molar refractivity (Wildman–Crippen MR) is 63.1 cm³/mol. The van der Waals surface area contributed by atoms with E-state index in [0.29, 0.717) is 11.0 Å². The Kier molecular flexibility index (Phi) is 4.77. The van der Waals surface area contributed by atoms with Crippen molar-refractivity contribution in [1.82, 2.24) is 0 Å². The van der Waals surface area contributed by atoms with Crippen molar-refractivity contribution < 1.29 is 32.6 Å². The molecule has 0 saturated heterocycles. The van der Waals surface area contributed by atoms with Crippen LogP contribution in [0.2, 0.25) is 0 Å². The monoisotopic (exact) mass is 296 g/mol. The van der Waals surface area contributed by atoms with Gasteiger partial charge in [0, 0.05) is 12.6 Å². The molecule has 0 fully saturated rings. The standard InChI is InChI=1S/C11H12F4N2O3/c12-7-4-9(8(16)3-6(7)10(19)20)17(1-2-18)5-11(13,14)15/h3-4,18H,1-2,5,16H2,(H,19,20). The van der Waals surface area contributed by atoms with Gasteiger partial charge in [-0.15, -0.1) is 0 Å². The van der Waals surface area contributed by atoms with E-state index in [0.717, 1.165) is 6.07 Å². The zero-order chi connectivity index (χ0) is 15.5. The van der Waals surface area contributed by atoms with E-state index in [-0.39, 0.29) is 11.4 Å². The lowest BCUT2D eigenvalue weighted by atomic mass is 10.1. The SMILES string of the molecule is Nc1cc(C(=O)O)c(F)cc1N(CCO)CC(F)(F)F. The Balaban J connectivity index is 3.20. The Morgan fingerprint density at radius 1 is 1.35 bits per heavy atom. The van der Waals surface area contributed by atoms with Gasteiger partial charge in [0.15, 0.2) is 0 Å². The number of carboxylic acids is 1. The van der Waals surface area contributed by atoms with Crippen molar-refractivity contribution in [2.75, 3.05) is 30.3 Å². The number of halogens is 4. The number of benzene rings is 1. The molecule has 0 atom stereocenters. The topological polar surface area (TPSA) is 86.8 Å². The summed E-state index contributed by atoms with van der Waals surface area (Å²) in [7, 11) is 0. The summed E-state index contributed by atoms with van der Waals surface area (Å²) < 4.78 is 50.7. The highest BCUT2D eigenvalue weighted by atomic mass is 19.4. The number of rotatable bonds is 5. The van der Waals surface area contributed by atoms with Crippen LogP contribution in [0.4, 0.5) is 28.9 Å². The van der Waals surface area contributed by atoms with E-state index in [2.05, 4.69) is 0 Å². The number of hydrogen-bond donors (Lipinski definition) is 3. The molecule has 9 heteroatoms. The number of carboxylic acid groups (broad SMARTS) is 1. The van der Waals surface area contributed by atoms with Crippen molar-refractivity contribution in [1.29, 1.82) is 0 Å². The lowest BCUT2D eigenvalue weighted by Crippen LogP contribution is -2.36. The molecule has 4 N–H and O–H groups in total. The van der Waals surface area contributed by atoms with Crippen LogP contribution < -0.4 is 10.6 Å². The van der Waals surface area contributed by atoms with Crippen LogP contribution in [0.15, 0.2) is 12.1 Å². The predicted octanol–water partition coefficient (Wildman–Crippen LogP) is 1.47. The van der Waals surface area contributed by atoms with Crippen LogP contribution in [0.1, 0.15) is 10.4 Å². The Morgan fingerprint density at radius 2 is 1.95 bits per heavy atom. The summed E-state index contributed by atoms with van der Waals surface area (Å²) in [6, 6.07) is 1.36. The maximum absolute atomic E-state index is 13.5. The molecular weight excluding hydrogens is 284 g/mol. The molecule has 0 aliphatic heterocycles. The van der Waals surface area contributed by atoms with Gasteiger partial charge in [0.25, 0.3) is 0 Å². The maximum Gasteiger partial charge on any atom is 0.405 e. The normalized spacial score (nSPS) is 11.4. The van der Waals surface area contributed by atoms with Gasteiger partial charge in [-0.25, -0.2) is 9.18 Å². The molecule has 0 unspecified atom stereocenters. The van der Waals surface area contributed by atoms with Crippen molar-refractivity contribution in [3.63, 3.8) is 0 Å². The van der Waals surface area contributed by atoms with E-state index in [9.17, 15) is 22.4 Å². The second-order valence-corrected chi connectivity index (χ2v) is 3.96. The summed E-state index contributed by atoms with van der Waals surface area (Å²) in [6.07, 6.45) is -4.58. The molecule has 1 aromatic carbocycles. The van der Waals surface area contributed by atoms with Crippen molar-refractivity contribution in [2.24, 2.45) is 0 Å². The van der Waals surface area contributed by atoms with Crippen LogP contribution in [0.3, 0.4) is 0 Å². The van der Waals surface area contributed by atoms with Gasteiger partial charge in [-0.2, -0.15) is 13.2 Å². The molecule has 0 spiro atoms. The average Bonchev–Trinajstić information content (AvgIpc) is 2.29. The first kappa shape index (κ1) is 16.0. The molecule has 1 rings (SSSR count). The van der Waals surface area contributed by atoms with Gasteiger partial charge in [0.1, 0.15) is 12.4 Å². The average molecular weight is 296 g/mol. The number of carbonyl (C=O) groups is 1. The number of aromatic carboxylic acids is 1. The number of aliphatic hydroxyl groups excluding tert-OH is 1. The third kappa shape index (κ3) is 3.98. The lowest BCUT2D eigenvalue weighted by Gasteiger charge is -2.26. The van der Waals surface area contributed by atoms with E-state index in [1.165, 1.54) is 0 Å². The molecule has 20 heavy (non-hydrogen) atoms. The minimum absolute atomic E-state index is 0.318. The number of anilines is 2. The third-order valence-corrected chi connectivity index (χ3v) is 2.43. The van der Waals surface area contributed by atoms with E-state index < -0.39 is 43.2 Å². The lowest BCUT2D eigenvalue weighted by molar-refractivity contribution is -0.119. The fraction of sp³-hybridized carbons (Fsp3) is 0.364. The molecule has 0 amide bonds. The fourth-order valence-corrected chi connectivity index (χ4v) is 1.64. The van der Waals surface area contributed by atoms with Gasteiger partial charge in [-0.3, -0.25) is 0 Å². The highest BCUT2D eigenvalue weighted by Crippen LogP contribution is 2.29. The van der Waals surface area contributed by atoms with Crippen molar-refractivity contribution in [3.8, 4) is 0 Å². The molecule has 0 bridgehead atoms. The molecule has 0 aromatic heterocycles. The Bertz CT molecular complexity index is 505. The van der Waals surface area contributed by atoms with Crippen LogP contribution in [0, 0.1) is 5.82 Å². The molecule has 0 aliphatic rings. The van der Waals surface area contributed by atoms with E-state index in [4.69, 9.17) is 15.9 Å². The fourth-order valence-electron chi connectivity index (χ4n) is 1.64. The number of hydrogen-bond acceptors (Lipinski definition) is 4. The van der Waals surface area contributed by atoms with Crippen molar-refractivity contribution in [3.05, 3.63) is 23.5 Å². The number of aliphatic hydroxyl groups is 1. The number of alkyl halides is 3. The van der Waals surface area contributed by atoms with Gasteiger partial charge in [0.2, 0.25) is 0 Å². The van der Waals surface area contributed by atoms with E-state index in [1.807, 2.05) is 0 Å². The minimum atomic E-state index is -4.58. The highest BCUT2D eigenvalue weighted by molar-refractivity contribution is 5.91. The van der Waals surface area contributed by atoms with Crippen molar-refractivity contribution >= 4 is 17.3 Å².